The van der Waals surface area contributed by atoms with Crippen LogP contribution in [-0.2, 0) is 13.2 Å². The maximum Gasteiger partial charge on any atom is 0.291 e. The summed E-state index contributed by atoms with van der Waals surface area (Å²) < 4.78 is 45.6. The van der Waals surface area contributed by atoms with E-state index in [9.17, 15) is 18.4 Å². The van der Waals surface area contributed by atoms with E-state index >= 15 is 0 Å². The highest BCUT2D eigenvalue weighted by Crippen LogP contribution is 2.42. The zero-order valence-electron chi connectivity index (χ0n) is 22.1. The van der Waals surface area contributed by atoms with Gasteiger partial charge in [-0.3, -0.25) is 9.59 Å². The molecule has 2 heterocycles. The minimum absolute atomic E-state index is 0.0398. The minimum Gasteiger partial charge on any atom is -0.490 e. The number of ether oxygens (including phenoxy) is 2. The van der Waals surface area contributed by atoms with Crippen molar-refractivity contribution in [3.8, 4) is 11.5 Å². The molecule has 4 aromatic carbocycles. The molecular formula is C33H25F2NO5. The molecule has 1 unspecified atom stereocenters. The molecule has 1 aliphatic heterocycles. The van der Waals surface area contributed by atoms with Crippen molar-refractivity contribution in [3.05, 3.63) is 141 Å². The number of carbonyl (C=O) groups is 1. The Morgan fingerprint density at radius 2 is 1.56 bits per heavy atom. The van der Waals surface area contributed by atoms with E-state index in [4.69, 9.17) is 13.9 Å². The molecule has 1 aliphatic rings. The highest BCUT2D eigenvalue weighted by molar-refractivity contribution is 5.99. The molecule has 1 amide bonds. The number of hydrogen-bond acceptors (Lipinski definition) is 5. The van der Waals surface area contributed by atoms with Crippen LogP contribution in [0.15, 0.2) is 100 Å². The van der Waals surface area contributed by atoms with Crippen LogP contribution < -0.4 is 14.9 Å². The van der Waals surface area contributed by atoms with Crippen LogP contribution in [0.1, 0.15) is 45.8 Å². The van der Waals surface area contributed by atoms with Crippen molar-refractivity contribution in [2.24, 2.45) is 0 Å². The second kappa shape index (κ2) is 10.9. The van der Waals surface area contributed by atoms with E-state index in [0.717, 1.165) is 11.6 Å². The molecule has 6 nitrogen and oxygen atoms in total. The Balaban J connectivity index is 1.46. The second-order valence-corrected chi connectivity index (χ2v) is 9.69. The number of benzene rings is 4. The Morgan fingerprint density at radius 3 is 2.32 bits per heavy atom. The van der Waals surface area contributed by atoms with Gasteiger partial charge in [-0.2, -0.15) is 0 Å². The van der Waals surface area contributed by atoms with Gasteiger partial charge in [0, 0.05) is 6.54 Å². The molecule has 0 radical (unpaired) electrons. The van der Waals surface area contributed by atoms with Gasteiger partial charge in [-0.15, -0.1) is 0 Å². The van der Waals surface area contributed by atoms with Gasteiger partial charge >= 0.3 is 0 Å². The predicted octanol–water partition coefficient (Wildman–Crippen LogP) is 6.79. The van der Waals surface area contributed by atoms with Gasteiger partial charge < -0.3 is 18.8 Å². The third-order valence-electron chi connectivity index (χ3n) is 7.01. The molecule has 8 heteroatoms. The van der Waals surface area contributed by atoms with E-state index < -0.39 is 29.0 Å². The molecule has 0 saturated heterocycles. The summed E-state index contributed by atoms with van der Waals surface area (Å²) in [6.07, 6.45) is 0. The number of hydrogen-bond donors (Lipinski definition) is 0. The lowest BCUT2D eigenvalue weighted by molar-refractivity contribution is 0.0714. The molecule has 5 aromatic rings. The van der Waals surface area contributed by atoms with Crippen LogP contribution in [0.4, 0.5) is 8.78 Å². The molecule has 0 fully saturated rings. The van der Waals surface area contributed by atoms with E-state index in [1.54, 1.807) is 30.3 Å². The largest absolute Gasteiger partial charge is 0.490 e. The summed E-state index contributed by atoms with van der Waals surface area (Å²) in [5.74, 6) is -0.656. The number of fused-ring (bicyclic) bond motifs is 2. The van der Waals surface area contributed by atoms with Crippen molar-refractivity contribution in [1.82, 2.24) is 4.90 Å². The summed E-state index contributed by atoms with van der Waals surface area (Å²) >= 11 is 0. The van der Waals surface area contributed by atoms with Gasteiger partial charge in [-0.05, 0) is 66.1 Å². The van der Waals surface area contributed by atoms with Crippen molar-refractivity contribution in [3.63, 3.8) is 0 Å². The molecule has 0 spiro atoms. The van der Waals surface area contributed by atoms with E-state index in [0.29, 0.717) is 35.8 Å². The van der Waals surface area contributed by atoms with Crippen molar-refractivity contribution in [1.29, 1.82) is 0 Å². The number of amides is 1. The molecule has 1 aromatic heterocycles. The fourth-order valence-corrected chi connectivity index (χ4v) is 5.11. The standard InChI is InChI=1S/C33H25F2NO5/c1-2-39-28-16-22(10-14-27(28)40-19-21-6-4-3-5-7-21)30-29-31(37)25-17-24(35)13-15-26(25)41-32(29)33(38)36(30)18-20-8-11-23(34)12-9-20/h3-17,30H,2,18-19H2,1H3. The zero-order valence-corrected chi connectivity index (χ0v) is 22.1. The first kappa shape index (κ1) is 26.3. The van der Waals surface area contributed by atoms with Gasteiger partial charge in [0.1, 0.15) is 23.8 Å². The smallest absolute Gasteiger partial charge is 0.291 e. The van der Waals surface area contributed by atoms with Gasteiger partial charge in [-0.1, -0.05) is 48.5 Å². The van der Waals surface area contributed by atoms with Crippen molar-refractivity contribution < 1.29 is 27.5 Å². The van der Waals surface area contributed by atoms with E-state index in [-0.39, 0.29) is 28.8 Å². The molecular weight excluding hydrogens is 528 g/mol. The molecule has 0 saturated carbocycles. The molecule has 206 valence electrons. The van der Waals surface area contributed by atoms with Gasteiger partial charge in [-0.25, -0.2) is 8.78 Å². The van der Waals surface area contributed by atoms with Crippen LogP contribution >= 0.6 is 0 Å². The maximum atomic E-state index is 14.1. The third-order valence-corrected chi connectivity index (χ3v) is 7.01. The maximum absolute atomic E-state index is 14.1. The number of nitrogens with zero attached hydrogens (tertiary/aromatic N) is 1. The quantitative estimate of drug-likeness (QED) is 0.212. The van der Waals surface area contributed by atoms with Crippen molar-refractivity contribution in [2.75, 3.05) is 6.61 Å². The van der Waals surface area contributed by atoms with Gasteiger partial charge in [0.2, 0.25) is 5.76 Å². The van der Waals surface area contributed by atoms with Crippen LogP contribution in [0.5, 0.6) is 11.5 Å². The minimum atomic E-state index is -0.867. The number of rotatable bonds is 8. The van der Waals surface area contributed by atoms with Crippen LogP contribution in [0, 0.1) is 11.6 Å². The summed E-state index contributed by atoms with van der Waals surface area (Å²) in [6, 6.07) is 23.5. The van der Waals surface area contributed by atoms with Crippen LogP contribution in [0.2, 0.25) is 0 Å². The van der Waals surface area contributed by atoms with E-state index in [1.807, 2.05) is 37.3 Å². The highest BCUT2D eigenvalue weighted by atomic mass is 19.1. The van der Waals surface area contributed by atoms with Crippen LogP contribution in [0.3, 0.4) is 0 Å². The topological polar surface area (TPSA) is 69.0 Å². The first-order chi connectivity index (χ1) is 19.9. The van der Waals surface area contributed by atoms with Gasteiger partial charge in [0.15, 0.2) is 16.9 Å². The molecule has 41 heavy (non-hydrogen) atoms. The normalized spacial score (nSPS) is 14.4. The molecule has 6 rings (SSSR count). The van der Waals surface area contributed by atoms with Crippen LogP contribution in [0.25, 0.3) is 11.0 Å². The van der Waals surface area contributed by atoms with E-state index in [2.05, 4.69) is 0 Å². The SMILES string of the molecule is CCOc1cc(C2c3c(oc4ccc(F)cc4c3=O)C(=O)N2Cc2ccc(F)cc2)ccc1OCc1ccccc1. The average molecular weight is 554 g/mol. The van der Waals surface area contributed by atoms with Crippen molar-refractivity contribution in [2.45, 2.75) is 26.1 Å². The summed E-state index contributed by atoms with van der Waals surface area (Å²) in [5, 5.41) is 0.0398. The summed E-state index contributed by atoms with van der Waals surface area (Å²) in [5.41, 5.74) is 1.95. The molecule has 0 aliphatic carbocycles. The average Bonchev–Trinajstić information content (AvgIpc) is 3.25. The Morgan fingerprint density at radius 1 is 0.805 bits per heavy atom. The lowest BCUT2D eigenvalue weighted by atomic mass is 9.97. The predicted molar refractivity (Wildman–Crippen MR) is 149 cm³/mol. The molecule has 0 bridgehead atoms. The Labute approximate surface area is 234 Å². The van der Waals surface area contributed by atoms with E-state index in [1.165, 1.54) is 29.2 Å². The monoisotopic (exact) mass is 553 g/mol. The first-order valence-corrected chi connectivity index (χ1v) is 13.2. The van der Waals surface area contributed by atoms with Gasteiger partial charge in [0.25, 0.3) is 5.91 Å². The fraction of sp³-hybridized carbons (Fsp3) is 0.152. The molecule has 1 atom stereocenters. The summed E-state index contributed by atoms with van der Waals surface area (Å²) in [6.45, 7) is 2.60. The highest BCUT2D eigenvalue weighted by Gasteiger charge is 2.43. The van der Waals surface area contributed by atoms with Crippen LogP contribution in [-0.4, -0.2) is 17.4 Å². The fourth-order valence-electron chi connectivity index (χ4n) is 5.11. The third kappa shape index (κ3) is 5.04. The first-order valence-electron chi connectivity index (χ1n) is 13.2. The lowest BCUT2D eigenvalue weighted by Gasteiger charge is -2.26. The molecule has 0 N–H and O–H groups in total. The summed E-state index contributed by atoms with van der Waals surface area (Å²) in [7, 11) is 0. The van der Waals surface area contributed by atoms with Crippen molar-refractivity contribution >= 4 is 16.9 Å². The number of carbonyl (C=O) groups excluding carboxylic acids is 1. The Hall–Kier alpha value is -4.98. The summed E-state index contributed by atoms with van der Waals surface area (Å²) in [4.78, 5) is 29.0. The Bertz CT molecular complexity index is 1800. The van der Waals surface area contributed by atoms with Gasteiger partial charge in [0.05, 0.1) is 23.6 Å². The zero-order chi connectivity index (χ0) is 28.5. The second-order valence-electron chi connectivity index (χ2n) is 9.69. The Kier molecular flexibility index (Phi) is 6.97. The lowest BCUT2D eigenvalue weighted by Crippen LogP contribution is -2.29. The number of halogens is 2.